The van der Waals surface area contributed by atoms with Crippen molar-refractivity contribution in [3.63, 3.8) is 0 Å². The van der Waals surface area contributed by atoms with Gasteiger partial charge >= 0.3 is 12.1 Å². The maximum atomic E-state index is 14.7. The second-order valence-corrected chi connectivity index (χ2v) is 26.7. The number of anilines is 2. The number of ether oxygens (including phenoxy) is 4. The van der Waals surface area contributed by atoms with Crippen LogP contribution in [0.2, 0.25) is 5.02 Å². The number of amides is 3. The van der Waals surface area contributed by atoms with Crippen molar-refractivity contribution in [1.82, 2.24) is 14.7 Å². The molecule has 0 spiro atoms. The van der Waals surface area contributed by atoms with Gasteiger partial charge in [-0.15, -0.1) is 0 Å². The number of rotatable bonds is 20. The van der Waals surface area contributed by atoms with Crippen LogP contribution in [-0.4, -0.2) is 158 Å². The fourth-order valence-electron chi connectivity index (χ4n) is 13.7. The molecule has 6 N–H and O–H groups in total. The minimum absolute atomic E-state index is 0.000619. The third-order valence-corrected chi connectivity index (χ3v) is 19.2. The van der Waals surface area contributed by atoms with E-state index in [-0.39, 0.29) is 121 Å². The molecular formula is C70H91ClF3N5O16. The van der Waals surface area contributed by atoms with Crippen LogP contribution in [0.15, 0.2) is 84.6 Å². The highest BCUT2D eigenvalue weighted by molar-refractivity contribution is 6.39. The molecule has 3 amide bonds. The van der Waals surface area contributed by atoms with Gasteiger partial charge in [-0.2, -0.15) is 18.3 Å². The van der Waals surface area contributed by atoms with E-state index in [4.69, 9.17) is 30.5 Å². The van der Waals surface area contributed by atoms with Crippen LogP contribution >= 0.6 is 11.6 Å². The molecule has 4 heterocycles. The van der Waals surface area contributed by atoms with Crippen molar-refractivity contribution < 1.29 is 90.9 Å². The lowest BCUT2D eigenvalue weighted by Gasteiger charge is -2.47. The van der Waals surface area contributed by atoms with Crippen molar-refractivity contribution in [3.05, 3.63) is 106 Å². The van der Waals surface area contributed by atoms with Crippen molar-refractivity contribution in [3.8, 4) is 5.69 Å². The summed E-state index contributed by atoms with van der Waals surface area (Å²) in [5, 5.41) is 53.8. The predicted molar refractivity (Wildman–Crippen MR) is 346 cm³/mol. The summed E-state index contributed by atoms with van der Waals surface area (Å²) in [5.74, 6) is -11.7. The van der Waals surface area contributed by atoms with Crippen molar-refractivity contribution in [2.75, 3.05) is 38.0 Å². The van der Waals surface area contributed by atoms with Gasteiger partial charge in [-0.05, 0) is 163 Å². The average Bonchev–Trinajstić information content (AvgIpc) is 0.979. The molecule has 3 aliphatic heterocycles. The molecule has 1 saturated carbocycles. The second-order valence-electron chi connectivity index (χ2n) is 26.2. The molecule has 21 nitrogen and oxygen atoms in total. The lowest BCUT2D eigenvalue weighted by atomic mass is 9.78. The van der Waals surface area contributed by atoms with E-state index in [2.05, 4.69) is 22.3 Å². The van der Waals surface area contributed by atoms with Crippen molar-refractivity contribution in [2.45, 2.75) is 198 Å². The minimum atomic E-state index is -5.06. The first kappa shape index (κ1) is 75.6. The molecule has 2 aromatic carbocycles. The number of aliphatic hydroxyl groups is 4. The molecule has 1 aliphatic carbocycles. The number of unbranched alkanes of at least 4 members (excludes halogenated alkanes) is 1. The molecule has 2 bridgehead atoms. The Morgan fingerprint density at radius 2 is 1.54 bits per heavy atom. The Balaban J connectivity index is 1.04. The van der Waals surface area contributed by atoms with Crippen molar-refractivity contribution in [1.29, 1.82) is 0 Å². The number of fused-ring (bicyclic) bond motifs is 3. The standard InChI is InChI=1S/C70H91ClF3N5O16/c1-9-61(86)76-49-33-48(71)34-50(35-49)77-66(88)53-37-75-79(64(53)70(72,73)74)51-23-21-45(22-24-51)55(82)19-11-10-16-52(81)17-14-15-46-28-39(2)27-40(3)29-59(92-7)63-60(93-8)31-42(5)69(91,95-63)65(87)67(89)78-26-13-12-18-54(78)68(90)94-62(43(6)57(84)36-58(46)85)41(4)30-44-20-25-56(83)47(32-44)38-80/h9,21-24,28,30,33-35,37,40,42-44,46-47,54,56-57,59-60,62-63,80,83-84,91H,1,10-20,25-27,29,31-32,36,38H2,2-8H3,(H,76,86)(H,77,88)/b39-28+,41-30+/t40-,42+,43+,44-,46+,47-,54-,56+,57-,59-,60-,62+,63+,69+/m0/s1. The number of benzene rings is 2. The van der Waals surface area contributed by atoms with Gasteiger partial charge in [-0.25, -0.2) is 9.48 Å². The largest absolute Gasteiger partial charge is 0.456 e. The van der Waals surface area contributed by atoms with E-state index in [1.165, 1.54) is 56.7 Å². The number of alkyl halides is 3. The molecule has 3 fully saturated rings. The molecular weight excluding hydrogens is 1260 g/mol. The first-order valence-electron chi connectivity index (χ1n) is 32.7. The zero-order valence-electron chi connectivity index (χ0n) is 55.0. The number of hydrogen-bond donors (Lipinski definition) is 6. The SMILES string of the molecule is C=CC(=O)Nc1cc(Cl)cc(NC(=O)c2cnn(-c3ccc(C(=O)CCCCC(=O)CCC[C@@H]4/C=C(\C)C[C@H](C)C[C@H](OC)[C@H]5O[C@@](O)(C(=O)C(=O)N6CCCC[C@H]6C(=O)O[C@H](/C(C)=C/[C@@H]6CC[C@@H](O)[C@H](CO)C6)[C@H](C)[C@@H](O)CC4=O)[C@H](C)C[C@@H]5OC)cc3)c2C(F)(F)F)c1. The number of nitrogens with one attached hydrogen (secondary N) is 2. The number of allylic oxidation sites excluding steroid dienone is 3. The van der Waals surface area contributed by atoms with Crippen LogP contribution in [0.5, 0.6) is 0 Å². The number of methoxy groups -OCH3 is 2. The molecule has 1 aromatic heterocycles. The molecule has 7 rings (SSSR count). The van der Waals surface area contributed by atoms with Crippen LogP contribution in [-0.2, 0) is 53.9 Å². The first-order chi connectivity index (χ1) is 45.0. The number of ketones is 4. The Hall–Kier alpha value is -6.77. The van der Waals surface area contributed by atoms with E-state index in [9.17, 15) is 72.0 Å². The molecule has 0 unspecified atom stereocenters. The number of esters is 1. The fourth-order valence-corrected chi connectivity index (χ4v) is 13.9. The van der Waals surface area contributed by atoms with Crippen LogP contribution in [0.3, 0.4) is 0 Å². The summed E-state index contributed by atoms with van der Waals surface area (Å²) in [6, 6.07) is 7.89. The summed E-state index contributed by atoms with van der Waals surface area (Å²) in [7, 11) is 2.95. The molecule has 3 aromatic rings. The molecule has 14 atom stereocenters. The number of piperidine rings is 1. The topological polar surface area (TPSA) is 300 Å². The fraction of sp³-hybridized carbons (Fsp3) is 0.586. The van der Waals surface area contributed by atoms with E-state index in [1.54, 1.807) is 20.8 Å². The molecule has 25 heteroatoms. The molecule has 520 valence electrons. The van der Waals surface area contributed by atoms with Gasteiger partial charge in [0.1, 0.15) is 29.8 Å². The number of cyclic esters (lactones) is 1. The number of Topliss-reactive ketones (excluding diaryl/α,β-unsaturated/α-hetero) is 4. The maximum Gasteiger partial charge on any atom is 0.434 e. The van der Waals surface area contributed by atoms with E-state index < -0.39 is 119 Å². The van der Waals surface area contributed by atoms with Gasteiger partial charge in [0.15, 0.2) is 11.5 Å². The number of hydrogen-bond acceptors (Lipinski definition) is 17. The Bertz CT molecular complexity index is 3320. The number of carbonyl (C=O) groups is 8. The van der Waals surface area contributed by atoms with E-state index in [0.717, 1.165) is 22.7 Å². The van der Waals surface area contributed by atoms with Gasteiger partial charge < -0.3 is 54.9 Å². The van der Waals surface area contributed by atoms with Crippen molar-refractivity contribution >= 4 is 69.8 Å². The summed E-state index contributed by atoms with van der Waals surface area (Å²) in [6.07, 6.45) is -0.816. The van der Waals surface area contributed by atoms with Gasteiger partial charge in [0.05, 0.1) is 41.9 Å². The van der Waals surface area contributed by atoms with Crippen LogP contribution in [0, 0.1) is 35.5 Å². The number of halogens is 4. The highest BCUT2D eigenvalue weighted by Crippen LogP contribution is 2.41. The molecule has 4 aliphatic rings. The van der Waals surface area contributed by atoms with Gasteiger partial charge in [-0.3, -0.25) is 33.6 Å². The summed E-state index contributed by atoms with van der Waals surface area (Å²) in [4.78, 5) is 111. The monoisotopic (exact) mass is 1350 g/mol. The van der Waals surface area contributed by atoms with Gasteiger partial charge in [-0.1, -0.05) is 56.7 Å². The highest BCUT2D eigenvalue weighted by atomic mass is 35.5. The van der Waals surface area contributed by atoms with E-state index >= 15 is 0 Å². The van der Waals surface area contributed by atoms with E-state index in [0.29, 0.717) is 68.0 Å². The Labute approximate surface area is 557 Å². The average molecular weight is 1350 g/mol. The predicted octanol–water partition coefficient (Wildman–Crippen LogP) is 10.1. The smallest absolute Gasteiger partial charge is 0.434 e. The van der Waals surface area contributed by atoms with Crippen LogP contribution in [0.25, 0.3) is 5.69 Å². The summed E-state index contributed by atoms with van der Waals surface area (Å²) in [6.45, 7) is 11.9. The summed E-state index contributed by atoms with van der Waals surface area (Å²) in [5.41, 5.74) is -0.607. The van der Waals surface area contributed by atoms with Gasteiger partial charge in [0.25, 0.3) is 17.6 Å². The number of aliphatic hydroxyl groups excluding tert-OH is 3. The lowest BCUT2D eigenvalue weighted by Crippen LogP contribution is -2.64. The van der Waals surface area contributed by atoms with Gasteiger partial charge in [0, 0.05) is 98.7 Å². The zero-order chi connectivity index (χ0) is 69.6. The summed E-state index contributed by atoms with van der Waals surface area (Å²) < 4.78 is 68.9. The van der Waals surface area contributed by atoms with Gasteiger partial charge in [0.2, 0.25) is 11.7 Å². The molecule has 95 heavy (non-hydrogen) atoms. The van der Waals surface area contributed by atoms with E-state index in [1.807, 2.05) is 26.0 Å². The lowest BCUT2D eigenvalue weighted by molar-refractivity contribution is -0.302. The number of nitrogens with zero attached hydrogens (tertiary/aromatic N) is 3. The van der Waals surface area contributed by atoms with Crippen LogP contribution in [0.4, 0.5) is 24.5 Å². The Kier molecular flexibility index (Phi) is 27.0. The molecule has 2 saturated heterocycles. The quantitative estimate of drug-likeness (QED) is 0.0153. The second kappa shape index (κ2) is 33.9. The minimum Gasteiger partial charge on any atom is -0.456 e. The normalized spacial score (nSPS) is 29.3. The maximum absolute atomic E-state index is 14.7. The zero-order valence-corrected chi connectivity index (χ0v) is 55.8. The number of aromatic nitrogens is 2. The Morgan fingerprint density at radius 3 is 2.20 bits per heavy atom. The highest BCUT2D eigenvalue weighted by Gasteiger charge is 2.57. The first-order valence-corrected chi connectivity index (χ1v) is 33.1. The molecule has 0 radical (unpaired) electrons. The van der Waals surface area contributed by atoms with Crippen molar-refractivity contribution in [2.24, 2.45) is 35.5 Å². The number of carbonyl (C=O) groups excluding carboxylic acids is 8. The summed E-state index contributed by atoms with van der Waals surface area (Å²) >= 11 is 6.13. The third kappa shape index (κ3) is 19.5. The Morgan fingerprint density at radius 1 is 0.874 bits per heavy atom. The third-order valence-electron chi connectivity index (χ3n) is 19.0. The van der Waals surface area contributed by atoms with Crippen LogP contribution < -0.4 is 10.6 Å². The van der Waals surface area contributed by atoms with Crippen LogP contribution in [0.1, 0.15) is 170 Å².